The molecule has 0 saturated carbocycles. The zero-order valence-corrected chi connectivity index (χ0v) is 16.3. The molecule has 25 heavy (non-hydrogen) atoms. The van der Waals surface area contributed by atoms with Gasteiger partial charge in [-0.05, 0) is 46.1 Å². The van der Waals surface area contributed by atoms with Gasteiger partial charge < -0.3 is 4.90 Å². The van der Waals surface area contributed by atoms with Crippen molar-refractivity contribution in [3.63, 3.8) is 0 Å². The van der Waals surface area contributed by atoms with Gasteiger partial charge in [-0.3, -0.25) is 4.68 Å². The molecule has 0 aromatic carbocycles. The van der Waals surface area contributed by atoms with Gasteiger partial charge in [-0.2, -0.15) is 5.10 Å². The number of hydrogen-bond donors (Lipinski definition) is 0. The van der Waals surface area contributed by atoms with Crippen LogP contribution in [-0.4, -0.2) is 32.8 Å². The lowest BCUT2D eigenvalue weighted by Crippen LogP contribution is -2.25. The van der Waals surface area contributed by atoms with Gasteiger partial charge in [-0.1, -0.05) is 19.8 Å². The Labute approximate surface area is 151 Å². The summed E-state index contributed by atoms with van der Waals surface area (Å²) in [6.45, 7) is 13.7. The highest BCUT2D eigenvalue weighted by Gasteiger charge is 2.17. The van der Waals surface area contributed by atoms with E-state index < -0.39 is 0 Å². The zero-order valence-electron chi connectivity index (χ0n) is 16.3. The number of nitrogens with zero attached hydrogens (tertiary/aromatic N) is 5. The first-order valence-corrected chi connectivity index (χ1v) is 9.57. The van der Waals surface area contributed by atoms with Gasteiger partial charge in [-0.25, -0.2) is 9.97 Å². The van der Waals surface area contributed by atoms with Crippen molar-refractivity contribution in [2.24, 2.45) is 0 Å². The summed E-state index contributed by atoms with van der Waals surface area (Å²) in [5.74, 6) is 2.28. The molecule has 5 heteroatoms. The van der Waals surface area contributed by atoms with Crippen LogP contribution >= 0.6 is 0 Å². The number of aromatic nitrogens is 4. The molecule has 0 radical (unpaired) electrons. The van der Waals surface area contributed by atoms with Crippen LogP contribution < -0.4 is 4.90 Å². The molecule has 2 aromatic heterocycles. The average molecular weight is 342 g/mol. The van der Waals surface area contributed by atoms with Crippen molar-refractivity contribution in [3.8, 4) is 0 Å². The van der Waals surface area contributed by atoms with Crippen LogP contribution in [0.2, 0.25) is 0 Å². The van der Waals surface area contributed by atoms with Crippen molar-refractivity contribution in [1.82, 2.24) is 19.7 Å². The summed E-state index contributed by atoms with van der Waals surface area (Å²) in [5, 5.41) is 4.69. The highest BCUT2D eigenvalue weighted by molar-refractivity contribution is 5.40. The molecule has 5 nitrogen and oxygen atoms in total. The van der Waals surface area contributed by atoms with E-state index in [0.717, 1.165) is 42.7 Å². The van der Waals surface area contributed by atoms with Crippen molar-refractivity contribution < 1.29 is 0 Å². The molecule has 136 valence electrons. The summed E-state index contributed by atoms with van der Waals surface area (Å²) in [6, 6.07) is 2.20. The molecule has 0 bridgehead atoms. The molecule has 1 atom stereocenters. The average Bonchev–Trinajstić information content (AvgIpc) is 2.81. The Hall–Kier alpha value is -1.91. The van der Waals surface area contributed by atoms with Gasteiger partial charge in [-0.15, -0.1) is 0 Å². The quantitative estimate of drug-likeness (QED) is 0.840. The van der Waals surface area contributed by atoms with Gasteiger partial charge in [0, 0.05) is 37.3 Å². The van der Waals surface area contributed by atoms with Crippen molar-refractivity contribution in [2.75, 3.05) is 18.0 Å². The van der Waals surface area contributed by atoms with E-state index in [1.54, 1.807) is 0 Å². The fourth-order valence-electron chi connectivity index (χ4n) is 3.61. The van der Waals surface area contributed by atoms with Gasteiger partial charge in [0.05, 0.1) is 11.4 Å². The van der Waals surface area contributed by atoms with E-state index in [9.17, 15) is 0 Å². The number of anilines is 1. The first-order chi connectivity index (χ1) is 12.0. The van der Waals surface area contributed by atoms with E-state index in [2.05, 4.69) is 48.4 Å². The Balaban J connectivity index is 1.82. The SMILES string of the molecule is Cc1nc(C(C)Cn2nc(C)c(C)c2C)cc(N2CCCCCC2)n1. The van der Waals surface area contributed by atoms with Crippen LogP contribution in [0.5, 0.6) is 0 Å². The summed E-state index contributed by atoms with van der Waals surface area (Å²) in [6.07, 6.45) is 5.19. The molecule has 2 aromatic rings. The lowest BCUT2D eigenvalue weighted by atomic mass is 10.1. The maximum atomic E-state index is 4.73. The normalized spacial score (nSPS) is 16.8. The van der Waals surface area contributed by atoms with Crippen LogP contribution in [0.3, 0.4) is 0 Å². The largest absolute Gasteiger partial charge is 0.357 e. The van der Waals surface area contributed by atoms with Crippen LogP contribution in [0.1, 0.15) is 67.0 Å². The smallest absolute Gasteiger partial charge is 0.132 e. The third-order valence-electron chi connectivity index (χ3n) is 5.47. The van der Waals surface area contributed by atoms with Crippen LogP contribution in [0, 0.1) is 27.7 Å². The molecule has 3 heterocycles. The van der Waals surface area contributed by atoms with Crippen molar-refractivity contribution in [3.05, 3.63) is 34.5 Å². The standard InChI is InChI=1S/C20H31N5/c1-14(13-25-17(4)15(2)16(3)23-25)19-12-20(22-18(5)21-19)24-10-8-6-7-9-11-24/h12,14H,6-11,13H2,1-5H3. The van der Waals surface area contributed by atoms with Gasteiger partial charge >= 0.3 is 0 Å². The van der Waals surface area contributed by atoms with Crippen molar-refractivity contribution in [2.45, 2.75) is 72.8 Å². The maximum Gasteiger partial charge on any atom is 0.132 e. The molecule has 1 saturated heterocycles. The fraction of sp³-hybridized carbons (Fsp3) is 0.650. The lowest BCUT2D eigenvalue weighted by Gasteiger charge is -2.23. The van der Waals surface area contributed by atoms with E-state index >= 15 is 0 Å². The second kappa shape index (κ2) is 7.54. The number of rotatable bonds is 4. The highest BCUT2D eigenvalue weighted by Crippen LogP contribution is 2.24. The molecule has 0 aliphatic carbocycles. The Morgan fingerprint density at radius 2 is 1.68 bits per heavy atom. The van der Waals surface area contributed by atoms with Gasteiger partial charge in [0.25, 0.3) is 0 Å². The van der Waals surface area contributed by atoms with E-state index in [1.807, 2.05) is 6.92 Å². The molecule has 0 N–H and O–H groups in total. The van der Waals surface area contributed by atoms with Crippen LogP contribution in [0.4, 0.5) is 5.82 Å². The topological polar surface area (TPSA) is 46.8 Å². The van der Waals surface area contributed by atoms with E-state index in [-0.39, 0.29) is 0 Å². The molecule has 1 aliphatic heterocycles. The molecule has 0 amide bonds. The molecule has 1 fully saturated rings. The summed E-state index contributed by atoms with van der Waals surface area (Å²) >= 11 is 0. The minimum atomic E-state index is 0.310. The third kappa shape index (κ3) is 4.02. The first kappa shape index (κ1) is 17.9. The molecular weight excluding hydrogens is 310 g/mol. The Bertz CT molecular complexity index is 726. The number of aryl methyl sites for hydroxylation is 2. The van der Waals surface area contributed by atoms with E-state index in [0.29, 0.717) is 5.92 Å². The van der Waals surface area contributed by atoms with Crippen molar-refractivity contribution >= 4 is 5.82 Å². The van der Waals surface area contributed by atoms with Gasteiger partial charge in [0.15, 0.2) is 0 Å². The number of hydrogen-bond acceptors (Lipinski definition) is 4. The lowest BCUT2D eigenvalue weighted by molar-refractivity contribution is 0.519. The highest BCUT2D eigenvalue weighted by atomic mass is 15.3. The Morgan fingerprint density at radius 1 is 1.00 bits per heavy atom. The third-order valence-corrected chi connectivity index (χ3v) is 5.47. The second-order valence-electron chi connectivity index (χ2n) is 7.48. The molecule has 1 aliphatic rings. The van der Waals surface area contributed by atoms with Gasteiger partial charge in [0.2, 0.25) is 0 Å². The van der Waals surface area contributed by atoms with Crippen LogP contribution in [0.15, 0.2) is 6.07 Å². The first-order valence-electron chi connectivity index (χ1n) is 9.57. The fourth-order valence-corrected chi connectivity index (χ4v) is 3.61. The van der Waals surface area contributed by atoms with Crippen LogP contribution in [0.25, 0.3) is 0 Å². The maximum absolute atomic E-state index is 4.73. The minimum Gasteiger partial charge on any atom is -0.357 e. The second-order valence-corrected chi connectivity index (χ2v) is 7.48. The Kier molecular flexibility index (Phi) is 5.40. The van der Waals surface area contributed by atoms with Crippen molar-refractivity contribution in [1.29, 1.82) is 0 Å². The zero-order chi connectivity index (χ0) is 18.0. The Morgan fingerprint density at radius 3 is 2.28 bits per heavy atom. The van der Waals surface area contributed by atoms with E-state index in [1.165, 1.54) is 36.9 Å². The predicted octanol–water partition coefficient (Wildman–Crippen LogP) is 4.09. The summed E-state index contributed by atoms with van der Waals surface area (Å²) < 4.78 is 2.12. The summed E-state index contributed by atoms with van der Waals surface area (Å²) in [5.41, 5.74) is 4.78. The summed E-state index contributed by atoms with van der Waals surface area (Å²) in [4.78, 5) is 11.9. The van der Waals surface area contributed by atoms with Gasteiger partial charge in [0.1, 0.15) is 11.6 Å². The molecule has 3 rings (SSSR count). The van der Waals surface area contributed by atoms with Crippen LogP contribution in [-0.2, 0) is 6.54 Å². The minimum absolute atomic E-state index is 0.310. The summed E-state index contributed by atoms with van der Waals surface area (Å²) in [7, 11) is 0. The van der Waals surface area contributed by atoms with E-state index in [4.69, 9.17) is 9.97 Å². The molecule has 1 unspecified atom stereocenters. The monoisotopic (exact) mass is 341 g/mol. The predicted molar refractivity (Wildman–Crippen MR) is 102 cm³/mol. The molecular formula is C20H31N5. The molecule has 0 spiro atoms.